The Kier molecular flexibility index (Phi) is 6.05. The lowest BCUT2D eigenvalue weighted by atomic mass is 9.98. The summed E-state index contributed by atoms with van der Waals surface area (Å²) in [5, 5.41) is 19.2. The highest BCUT2D eigenvalue weighted by Crippen LogP contribution is 2.37. The van der Waals surface area contributed by atoms with Crippen LogP contribution in [-0.2, 0) is 0 Å². The molecule has 0 saturated carbocycles. The van der Waals surface area contributed by atoms with Crippen molar-refractivity contribution in [3.63, 3.8) is 0 Å². The van der Waals surface area contributed by atoms with E-state index in [2.05, 4.69) is 15.4 Å². The average molecular weight is 463 g/mol. The summed E-state index contributed by atoms with van der Waals surface area (Å²) in [6.07, 6.45) is 3.81. The highest BCUT2D eigenvalue weighted by molar-refractivity contribution is 6.09. The lowest BCUT2D eigenvalue weighted by Gasteiger charge is -2.23. The number of ketones is 1. The van der Waals surface area contributed by atoms with Gasteiger partial charge in [0.25, 0.3) is 0 Å². The minimum absolute atomic E-state index is 0.0895. The predicted molar refractivity (Wildman–Crippen MR) is 133 cm³/mol. The van der Waals surface area contributed by atoms with Gasteiger partial charge in [0.1, 0.15) is 5.75 Å². The number of phenolic OH excluding ortho intramolecular Hbond substituents is 1. The van der Waals surface area contributed by atoms with Crippen LogP contribution in [0.25, 0.3) is 0 Å². The normalized spacial score (nSPS) is 14.9. The Hall–Kier alpha value is -4.78. The van der Waals surface area contributed by atoms with E-state index in [0.717, 1.165) is 5.56 Å². The molecule has 1 aliphatic rings. The first-order valence-corrected chi connectivity index (χ1v) is 11.2. The van der Waals surface area contributed by atoms with Crippen molar-refractivity contribution >= 4 is 23.2 Å². The number of hydrazone groups is 1. The maximum Gasteiger partial charge on any atom is 0.342 e. The summed E-state index contributed by atoms with van der Waals surface area (Å²) in [5.74, 6) is 0.00932. The van der Waals surface area contributed by atoms with E-state index >= 15 is 0 Å². The molecule has 0 fully saturated rings. The highest BCUT2D eigenvalue weighted by Gasteiger charge is 2.34. The van der Waals surface area contributed by atoms with Gasteiger partial charge in [0.05, 0.1) is 11.8 Å². The van der Waals surface area contributed by atoms with Crippen LogP contribution in [0.2, 0.25) is 0 Å². The Morgan fingerprint density at radius 2 is 1.57 bits per heavy atom. The monoisotopic (exact) mass is 462 g/mol. The summed E-state index contributed by atoms with van der Waals surface area (Å²) < 4.78 is 0. The van der Waals surface area contributed by atoms with Crippen molar-refractivity contribution in [1.29, 1.82) is 0 Å². The molecule has 0 spiro atoms. The van der Waals surface area contributed by atoms with Crippen LogP contribution in [0.4, 0.5) is 10.5 Å². The molecule has 2 heterocycles. The molecule has 5 rings (SSSR count). The molecular weight excluding hydrogens is 440 g/mol. The number of rotatable bonds is 5. The van der Waals surface area contributed by atoms with Crippen LogP contribution < -0.4 is 5.32 Å². The number of carbonyl (C=O) groups excluding carboxylic acids is 2. The zero-order chi connectivity index (χ0) is 24.2. The number of anilines is 1. The summed E-state index contributed by atoms with van der Waals surface area (Å²) in [6.45, 7) is 0. The van der Waals surface area contributed by atoms with Crippen molar-refractivity contribution in [1.82, 2.24) is 9.99 Å². The highest BCUT2D eigenvalue weighted by atomic mass is 16.3. The zero-order valence-corrected chi connectivity index (χ0v) is 18.7. The Morgan fingerprint density at radius 3 is 2.29 bits per heavy atom. The van der Waals surface area contributed by atoms with Crippen LogP contribution in [-0.4, -0.2) is 32.6 Å². The van der Waals surface area contributed by atoms with Crippen LogP contribution in [0.15, 0.2) is 108 Å². The van der Waals surface area contributed by atoms with E-state index in [1.165, 1.54) is 5.01 Å². The summed E-state index contributed by atoms with van der Waals surface area (Å²) in [4.78, 5) is 30.1. The Balaban J connectivity index is 1.38. The minimum Gasteiger partial charge on any atom is -0.508 e. The van der Waals surface area contributed by atoms with Crippen LogP contribution >= 0.6 is 0 Å². The quantitative estimate of drug-likeness (QED) is 0.388. The second kappa shape index (κ2) is 9.61. The van der Waals surface area contributed by atoms with Gasteiger partial charge in [-0.05, 0) is 36.4 Å². The third-order valence-corrected chi connectivity index (χ3v) is 5.84. The van der Waals surface area contributed by atoms with Gasteiger partial charge >= 0.3 is 6.03 Å². The number of pyridine rings is 1. The molecule has 1 aromatic heterocycles. The number of para-hydroxylation sites is 1. The van der Waals surface area contributed by atoms with Gasteiger partial charge in [-0.2, -0.15) is 5.10 Å². The number of benzene rings is 3. The van der Waals surface area contributed by atoms with Gasteiger partial charge in [-0.3, -0.25) is 9.78 Å². The topological polar surface area (TPSA) is 94.9 Å². The number of urea groups is 1. The lowest BCUT2D eigenvalue weighted by molar-refractivity contribution is 0.103. The molecule has 1 atom stereocenters. The Morgan fingerprint density at radius 1 is 0.857 bits per heavy atom. The number of amides is 2. The minimum atomic E-state index is -0.481. The Bertz CT molecular complexity index is 1390. The van der Waals surface area contributed by atoms with Crippen molar-refractivity contribution in [2.45, 2.75) is 12.5 Å². The SMILES string of the molecule is O=C(c1ccccc1)c1ccc(NC(=O)N2N=C(c3cccnc3)CC2c2ccccc2O)cc1. The summed E-state index contributed by atoms with van der Waals surface area (Å²) in [6, 6.07) is 25.5. The van der Waals surface area contributed by atoms with Crippen LogP contribution in [0.1, 0.15) is 39.5 Å². The van der Waals surface area contributed by atoms with Gasteiger partial charge in [-0.15, -0.1) is 0 Å². The van der Waals surface area contributed by atoms with Gasteiger partial charge in [-0.25, -0.2) is 9.80 Å². The molecule has 2 N–H and O–H groups in total. The van der Waals surface area contributed by atoms with Crippen molar-refractivity contribution in [2.24, 2.45) is 5.10 Å². The summed E-state index contributed by atoms with van der Waals surface area (Å²) in [7, 11) is 0. The van der Waals surface area contributed by atoms with Gasteiger partial charge in [-0.1, -0.05) is 54.6 Å². The van der Waals surface area contributed by atoms with Crippen LogP contribution in [0, 0.1) is 0 Å². The summed E-state index contributed by atoms with van der Waals surface area (Å²) in [5.41, 5.74) is 3.77. The van der Waals surface area contributed by atoms with E-state index in [-0.39, 0.29) is 11.5 Å². The van der Waals surface area contributed by atoms with Gasteiger partial charge in [0.2, 0.25) is 0 Å². The fourth-order valence-electron chi connectivity index (χ4n) is 4.06. The van der Waals surface area contributed by atoms with Crippen molar-refractivity contribution in [3.05, 3.63) is 126 Å². The largest absolute Gasteiger partial charge is 0.508 e. The molecule has 35 heavy (non-hydrogen) atoms. The van der Waals surface area contributed by atoms with E-state index in [9.17, 15) is 14.7 Å². The van der Waals surface area contributed by atoms with E-state index in [1.54, 1.807) is 67.0 Å². The molecule has 0 saturated heterocycles. The zero-order valence-electron chi connectivity index (χ0n) is 18.7. The first kappa shape index (κ1) is 22.0. The molecule has 7 heteroatoms. The van der Waals surface area contributed by atoms with Crippen molar-refractivity contribution in [3.8, 4) is 5.75 Å². The third-order valence-electron chi connectivity index (χ3n) is 5.84. The number of hydrogen-bond acceptors (Lipinski definition) is 5. The molecule has 172 valence electrons. The Labute approximate surface area is 202 Å². The third kappa shape index (κ3) is 4.65. The fourth-order valence-corrected chi connectivity index (χ4v) is 4.06. The molecule has 4 aromatic rings. The maximum absolute atomic E-state index is 13.3. The second-order valence-corrected chi connectivity index (χ2v) is 8.11. The number of carbonyl (C=O) groups is 2. The molecule has 0 bridgehead atoms. The first-order valence-electron chi connectivity index (χ1n) is 11.2. The maximum atomic E-state index is 13.3. The molecule has 1 unspecified atom stereocenters. The summed E-state index contributed by atoms with van der Waals surface area (Å²) >= 11 is 0. The lowest BCUT2D eigenvalue weighted by Crippen LogP contribution is -2.31. The van der Waals surface area contributed by atoms with Gasteiger partial charge in [0.15, 0.2) is 5.78 Å². The number of phenols is 1. The van der Waals surface area contributed by atoms with Crippen LogP contribution in [0.5, 0.6) is 5.75 Å². The van der Waals surface area contributed by atoms with Crippen molar-refractivity contribution in [2.75, 3.05) is 5.32 Å². The molecule has 2 amide bonds. The molecule has 0 radical (unpaired) electrons. The van der Waals surface area contributed by atoms with E-state index < -0.39 is 12.1 Å². The van der Waals surface area contributed by atoms with Gasteiger partial charge in [0, 0.05) is 46.8 Å². The number of nitrogens with zero attached hydrogens (tertiary/aromatic N) is 3. The first-order chi connectivity index (χ1) is 17.1. The number of hydrogen-bond donors (Lipinski definition) is 2. The average Bonchev–Trinajstić information content (AvgIpc) is 3.35. The van der Waals surface area contributed by atoms with E-state index in [4.69, 9.17) is 0 Å². The standard InChI is InChI=1S/C28H22N4O3/c33-26-11-5-4-10-23(26)25-17-24(21-9-6-16-29-18-21)31-32(25)28(35)30-22-14-12-20(13-15-22)27(34)19-7-2-1-3-8-19/h1-16,18,25,33H,17H2,(H,30,35). The van der Waals surface area contributed by atoms with Crippen molar-refractivity contribution < 1.29 is 14.7 Å². The number of nitrogens with one attached hydrogen (secondary N) is 1. The molecular formula is C28H22N4O3. The van der Waals surface area contributed by atoms with E-state index in [1.807, 2.05) is 36.4 Å². The van der Waals surface area contributed by atoms with Gasteiger partial charge < -0.3 is 10.4 Å². The molecule has 7 nitrogen and oxygen atoms in total. The fraction of sp³-hybridized carbons (Fsp3) is 0.0714. The predicted octanol–water partition coefficient (Wildman–Crippen LogP) is 5.40. The number of aromatic nitrogens is 1. The van der Waals surface area contributed by atoms with Crippen LogP contribution in [0.3, 0.4) is 0 Å². The smallest absolute Gasteiger partial charge is 0.342 e. The second-order valence-electron chi connectivity index (χ2n) is 8.11. The number of aromatic hydroxyl groups is 1. The molecule has 3 aromatic carbocycles. The molecule has 1 aliphatic heterocycles. The van der Waals surface area contributed by atoms with E-state index in [0.29, 0.717) is 34.5 Å². The molecule has 0 aliphatic carbocycles.